The van der Waals surface area contributed by atoms with Crippen molar-refractivity contribution in [2.75, 3.05) is 21.3 Å². The van der Waals surface area contributed by atoms with E-state index in [0.29, 0.717) is 42.7 Å². The highest BCUT2D eigenvalue weighted by Crippen LogP contribution is 2.32. The summed E-state index contributed by atoms with van der Waals surface area (Å²) in [5.41, 5.74) is 2.21. The van der Waals surface area contributed by atoms with Gasteiger partial charge in [0.05, 0.1) is 16.3 Å². The number of nitrogens with zero attached hydrogens (tertiary/aromatic N) is 1. The third kappa shape index (κ3) is 4.62. The number of carbonyl (C=O) groups is 1. The lowest BCUT2D eigenvalue weighted by molar-refractivity contribution is 0.101. The highest BCUT2D eigenvalue weighted by molar-refractivity contribution is 7.93. The van der Waals surface area contributed by atoms with Crippen LogP contribution >= 0.6 is 0 Å². The molecule has 156 valence electrons. The van der Waals surface area contributed by atoms with E-state index in [0.717, 1.165) is 5.56 Å². The Balaban J connectivity index is 1.87. The summed E-state index contributed by atoms with van der Waals surface area (Å²) in [7, 11) is -7.21. The number of aryl methyl sites for hydroxylation is 1. The van der Waals surface area contributed by atoms with Crippen LogP contribution in [-0.2, 0) is 26.5 Å². The van der Waals surface area contributed by atoms with Crippen LogP contribution < -0.4 is 9.03 Å². The number of benzene rings is 2. The fraction of sp³-hybridized carbons (Fsp3) is 0.350. The minimum Gasteiger partial charge on any atom is -0.295 e. The Kier molecular flexibility index (Phi) is 6.00. The van der Waals surface area contributed by atoms with Gasteiger partial charge >= 0.3 is 0 Å². The molecule has 0 amide bonds. The topological polar surface area (TPSA) is 101 Å². The van der Waals surface area contributed by atoms with Crippen LogP contribution in [0.5, 0.6) is 0 Å². The predicted molar refractivity (Wildman–Crippen MR) is 113 cm³/mol. The molecule has 0 aromatic heterocycles. The average molecular weight is 437 g/mol. The van der Waals surface area contributed by atoms with Gasteiger partial charge in [-0.1, -0.05) is 19.1 Å². The molecule has 9 heteroatoms. The summed E-state index contributed by atoms with van der Waals surface area (Å²) in [5, 5.41) is 0. The first-order valence-corrected chi connectivity index (χ1v) is 12.5. The van der Waals surface area contributed by atoms with Gasteiger partial charge in [0.2, 0.25) is 10.0 Å². The molecule has 1 heterocycles. The summed E-state index contributed by atoms with van der Waals surface area (Å²) in [4.78, 5) is 11.4. The van der Waals surface area contributed by atoms with Crippen LogP contribution in [0.25, 0.3) is 0 Å². The molecule has 1 aliphatic heterocycles. The summed E-state index contributed by atoms with van der Waals surface area (Å²) < 4.78 is 54.3. The molecular formula is C20H24N2O5S2. The lowest BCUT2D eigenvalue weighted by atomic mass is 10.0. The van der Waals surface area contributed by atoms with Gasteiger partial charge in [-0.15, -0.1) is 0 Å². The van der Waals surface area contributed by atoms with Gasteiger partial charge in [-0.05, 0) is 62.1 Å². The fourth-order valence-corrected chi connectivity index (χ4v) is 6.04. The number of ketones is 1. The molecule has 1 N–H and O–H groups in total. The molecular weight excluding hydrogens is 412 g/mol. The highest BCUT2D eigenvalue weighted by atomic mass is 32.2. The number of anilines is 2. The van der Waals surface area contributed by atoms with Gasteiger partial charge < -0.3 is 0 Å². The Morgan fingerprint density at radius 3 is 2.38 bits per heavy atom. The first kappa shape index (κ1) is 21.3. The first-order valence-electron chi connectivity index (χ1n) is 9.41. The van der Waals surface area contributed by atoms with Crippen molar-refractivity contribution in [3.05, 3.63) is 53.6 Å². The molecule has 7 nitrogen and oxygen atoms in total. The minimum absolute atomic E-state index is 0.0485. The molecule has 2 aromatic rings. The van der Waals surface area contributed by atoms with E-state index in [4.69, 9.17) is 0 Å². The van der Waals surface area contributed by atoms with E-state index >= 15 is 0 Å². The summed E-state index contributed by atoms with van der Waals surface area (Å²) in [5.74, 6) is -0.0592. The molecule has 1 aliphatic rings. The molecule has 3 rings (SSSR count). The monoisotopic (exact) mass is 436 g/mol. The van der Waals surface area contributed by atoms with Gasteiger partial charge in [-0.2, -0.15) is 0 Å². The van der Waals surface area contributed by atoms with E-state index in [-0.39, 0.29) is 16.4 Å². The quantitative estimate of drug-likeness (QED) is 0.672. The Morgan fingerprint density at radius 2 is 1.76 bits per heavy atom. The van der Waals surface area contributed by atoms with E-state index in [1.54, 1.807) is 18.2 Å². The van der Waals surface area contributed by atoms with Crippen molar-refractivity contribution < 1.29 is 21.6 Å². The zero-order chi connectivity index (χ0) is 21.2. The van der Waals surface area contributed by atoms with E-state index in [1.807, 2.05) is 6.92 Å². The highest BCUT2D eigenvalue weighted by Gasteiger charge is 2.27. The second-order valence-corrected chi connectivity index (χ2v) is 10.7. The molecule has 29 heavy (non-hydrogen) atoms. The van der Waals surface area contributed by atoms with Crippen molar-refractivity contribution in [3.63, 3.8) is 0 Å². The average Bonchev–Trinajstić information content (AvgIpc) is 2.67. The van der Waals surface area contributed by atoms with Crippen LogP contribution in [-0.4, -0.2) is 34.9 Å². The van der Waals surface area contributed by atoms with Gasteiger partial charge in [0.25, 0.3) is 10.0 Å². The van der Waals surface area contributed by atoms with Crippen molar-refractivity contribution in [3.8, 4) is 0 Å². The number of rotatable bonds is 7. The number of nitrogens with one attached hydrogen (secondary N) is 1. The van der Waals surface area contributed by atoms with Crippen LogP contribution in [0.3, 0.4) is 0 Å². The van der Waals surface area contributed by atoms with E-state index in [1.165, 1.54) is 35.5 Å². The van der Waals surface area contributed by atoms with Gasteiger partial charge in [0.1, 0.15) is 0 Å². The standard InChI is InChI=1S/C20H24N2O5S2/c1-3-13-28(24,25)22-12-4-5-17-14-18(8-11-20(17)22)21-29(26,27)19-9-6-16(7-10-19)15(2)23/h6-11,14,21H,3-5,12-13H2,1-2H3. The molecule has 0 aliphatic carbocycles. The van der Waals surface area contributed by atoms with Crippen LogP contribution in [0, 0.1) is 0 Å². The molecule has 0 spiro atoms. The summed E-state index contributed by atoms with van der Waals surface area (Å²) in [6, 6.07) is 10.6. The zero-order valence-corrected chi connectivity index (χ0v) is 18.0. The number of Topliss-reactive ketones (excluding diaryl/α,β-unsaturated/α-hetero) is 1. The number of hydrogen-bond donors (Lipinski definition) is 1. The van der Waals surface area contributed by atoms with Crippen molar-refractivity contribution in [1.82, 2.24) is 0 Å². The molecule has 0 unspecified atom stereocenters. The van der Waals surface area contributed by atoms with Gasteiger partial charge in [-0.3, -0.25) is 13.8 Å². The fourth-order valence-electron chi connectivity index (χ4n) is 3.37. The SMILES string of the molecule is CCCS(=O)(=O)N1CCCc2cc(NS(=O)(=O)c3ccc(C(C)=O)cc3)ccc21. The Labute approximate surface area is 171 Å². The Bertz CT molecular complexity index is 1120. The Morgan fingerprint density at radius 1 is 1.07 bits per heavy atom. The molecule has 0 radical (unpaired) electrons. The third-order valence-electron chi connectivity index (χ3n) is 4.78. The van der Waals surface area contributed by atoms with Gasteiger partial charge in [0, 0.05) is 17.8 Å². The second-order valence-electron chi connectivity index (χ2n) is 7.02. The predicted octanol–water partition coefficient (Wildman–Crippen LogP) is 3.18. The van der Waals surface area contributed by atoms with Crippen molar-refractivity contribution >= 4 is 37.2 Å². The van der Waals surface area contributed by atoms with E-state index in [2.05, 4.69) is 4.72 Å². The van der Waals surface area contributed by atoms with Crippen LogP contribution in [0.15, 0.2) is 47.4 Å². The zero-order valence-electron chi connectivity index (χ0n) is 16.4. The van der Waals surface area contributed by atoms with Crippen LogP contribution in [0.4, 0.5) is 11.4 Å². The van der Waals surface area contributed by atoms with E-state index < -0.39 is 20.0 Å². The van der Waals surface area contributed by atoms with Gasteiger partial charge in [-0.25, -0.2) is 16.8 Å². The Hall–Kier alpha value is -2.39. The van der Waals surface area contributed by atoms with Crippen molar-refractivity contribution in [1.29, 1.82) is 0 Å². The lowest BCUT2D eigenvalue weighted by Gasteiger charge is -2.30. The van der Waals surface area contributed by atoms with Crippen LogP contribution in [0.2, 0.25) is 0 Å². The largest absolute Gasteiger partial charge is 0.295 e. The smallest absolute Gasteiger partial charge is 0.261 e. The second kappa shape index (κ2) is 8.16. The van der Waals surface area contributed by atoms with Gasteiger partial charge in [0.15, 0.2) is 5.78 Å². The molecule has 0 fully saturated rings. The first-order chi connectivity index (χ1) is 13.6. The number of sulfonamides is 2. The minimum atomic E-state index is -3.83. The van der Waals surface area contributed by atoms with E-state index in [9.17, 15) is 21.6 Å². The summed E-state index contributed by atoms with van der Waals surface area (Å²) in [6.07, 6.45) is 1.89. The number of fused-ring (bicyclic) bond motifs is 1. The maximum atomic E-state index is 12.7. The molecule has 0 atom stereocenters. The summed E-state index contributed by atoms with van der Waals surface area (Å²) in [6.45, 7) is 3.67. The van der Waals surface area contributed by atoms with Crippen molar-refractivity contribution in [2.24, 2.45) is 0 Å². The third-order valence-corrected chi connectivity index (χ3v) is 8.15. The molecule has 2 aromatic carbocycles. The van der Waals surface area contributed by atoms with Crippen molar-refractivity contribution in [2.45, 2.75) is 38.0 Å². The molecule has 0 saturated carbocycles. The lowest BCUT2D eigenvalue weighted by Crippen LogP contribution is -2.37. The van der Waals surface area contributed by atoms with Crippen LogP contribution in [0.1, 0.15) is 42.6 Å². The normalized spacial score (nSPS) is 14.3. The number of carbonyl (C=O) groups excluding carboxylic acids is 1. The summed E-state index contributed by atoms with van der Waals surface area (Å²) >= 11 is 0. The maximum Gasteiger partial charge on any atom is 0.261 e. The molecule has 0 saturated heterocycles. The molecule has 0 bridgehead atoms. The number of hydrogen-bond acceptors (Lipinski definition) is 5. The maximum absolute atomic E-state index is 12.7.